The standard InChI is InChI=1S/C16H24ClN3O/c1-12(10-13-2-4-14(17)5-3-13)19-15-6-8-20(9-7-15)11-16(18)21/h2-5,12,15,19H,6-11H2,1H3,(H2,18,21)/t12-/m0/s1. The van der Waals surface area contributed by atoms with Gasteiger partial charge in [-0.15, -0.1) is 0 Å². The van der Waals surface area contributed by atoms with Crippen molar-refractivity contribution >= 4 is 17.5 Å². The summed E-state index contributed by atoms with van der Waals surface area (Å²) in [4.78, 5) is 13.0. The van der Waals surface area contributed by atoms with Crippen molar-refractivity contribution < 1.29 is 4.79 Å². The highest BCUT2D eigenvalue weighted by Crippen LogP contribution is 2.14. The van der Waals surface area contributed by atoms with Crippen molar-refractivity contribution in [1.82, 2.24) is 10.2 Å². The molecule has 1 atom stereocenters. The van der Waals surface area contributed by atoms with Crippen LogP contribution in [0.2, 0.25) is 5.02 Å². The number of rotatable bonds is 6. The Kier molecular flexibility index (Phi) is 6.03. The van der Waals surface area contributed by atoms with Gasteiger partial charge in [-0.25, -0.2) is 0 Å². The summed E-state index contributed by atoms with van der Waals surface area (Å²) in [5.74, 6) is -0.238. The van der Waals surface area contributed by atoms with E-state index >= 15 is 0 Å². The number of nitrogens with two attached hydrogens (primary N) is 1. The maximum Gasteiger partial charge on any atom is 0.231 e. The Labute approximate surface area is 131 Å². The highest BCUT2D eigenvalue weighted by molar-refractivity contribution is 6.30. The van der Waals surface area contributed by atoms with E-state index in [0.717, 1.165) is 37.4 Å². The van der Waals surface area contributed by atoms with Crippen LogP contribution >= 0.6 is 11.6 Å². The molecular weight excluding hydrogens is 286 g/mol. The first-order chi connectivity index (χ1) is 10.0. The van der Waals surface area contributed by atoms with Crippen molar-refractivity contribution in [3.8, 4) is 0 Å². The largest absolute Gasteiger partial charge is 0.369 e. The number of nitrogens with zero attached hydrogens (tertiary/aromatic N) is 1. The highest BCUT2D eigenvalue weighted by atomic mass is 35.5. The van der Waals surface area contributed by atoms with Gasteiger partial charge in [0.05, 0.1) is 6.54 Å². The van der Waals surface area contributed by atoms with Crippen LogP contribution in [0.4, 0.5) is 0 Å². The maximum atomic E-state index is 10.9. The molecule has 1 fully saturated rings. The topological polar surface area (TPSA) is 58.4 Å². The van der Waals surface area contributed by atoms with Gasteiger partial charge in [-0.3, -0.25) is 9.69 Å². The number of halogens is 1. The number of hydrogen-bond acceptors (Lipinski definition) is 3. The summed E-state index contributed by atoms with van der Waals surface area (Å²) in [5, 5.41) is 4.46. The molecule has 0 aromatic heterocycles. The summed E-state index contributed by atoms with van der Waals surface area (Å²) in [6, 6.07) is 8.99. The van der Waals surface area contributed by atoms with E-state index in [-0.39, 0.29) is 5.91 Å². The van der Waals surface area contributed by atoms with Crippen molar-refractivity contribution in [2.45, 2.75) is 38.3 Å². The maximum absolute atomic E-state index is 10.9. The molecule has 1 aromatic carbocycles. The van der Waals surface area contributed by atoms with Crippen molar-refractivity contribution in [2.24, 2.45) is 5.73 Å². The molecule has 1 saturated heterocycles. The summed E-state index contributed by atoms with van der Waals surface area (Å²) in [6.45, 7) is 4.47. The molecule has 1 aromatic rings. The van der Waals surface area contributed by atoms with Gasteiger partial charge in [0, 0.05) is 30.2 Å². The van der Waals surface area contributed by atoms with Crippen LogP contribution in [0.5, 0.6) is 0 Å². The molecular formula is C16H24ClN3O. The smallest absolute Gasteiger partial charge is 0.231 e. The number of hydrogen-bond donors (Lipinski definition) is 2. The Morgan fingerprint density at radius 1 is 1.38 bits per heavy atom. The molecule has 4 nitrogen and oxygen atoms in total. The van der Waals surface area contributed by atoms with Gasteiger partial charge in [0.15, 0.2) is 0 Å². The molecule has 21 heavy (non-hydrogen) atoms. The van der Waals surface area contributed by atoms with Gasteiger partial charge in [-0.1, -0.05) is 23.7 Å². The Bertz CT molecular complexity index is 455. The second-order valence-corrected chi connectivity index (χ2v) is 6.35. The first-order valence-electron chi connectivity index (χ1n) is 7.54. The molecule has 0 bridgehead atoms. The molecule has 1 heterocycles. The second kappa shape index (κ2) is 7.78. The summed E-state index contributed by atoms with van der Waals surface area (Å²) in [5.41, 5.74) is 6.53. The third kappa shape index (κ3) is 5.65. The monoisotopic (exact) mass is 309 g/mol. The molecule has 3 N–H and O–H groups in total. The van der Waals surface area contributed by atoms with Crippen molar-refractivity contribution in [1.29, 1.82) is 0 Å². The molecule has 1 amide bonds. The van der Waals surface area contributed by atoms with Crippen LogP contribution in [0.1, 0.15) is 25.3 Å². The van der Waals surface area contributed by atoms with Crippen LogP contribution in [0, 0.1) is 0 Å². The predicted octanol–water partition coefficient (Wildman–Crippen LogP) is 1.81. The SMILES string of the molecule is C[C@@H](Cc1ccc(Cl)cc1)NC1CCN(CC(N)=O)CC1. The fourth-order valence-electron chi connectivity index (χ4n) is 2.91. The molecule has 1 aliphatic rings. The Morgan fingerprint density at radius 3 is 2.57 bits per heavy atom. The molecule has 5 heteroatoms. The first kappa shape index (κ1) is 16.3. The summed E-state index contributed by atoms with van der Waals surface area (Å²) < 4.78 is 0. The average molecular weight is 310 g/mol. The van der Waals surface area contributed by atoms with E-state index in [9.17, 15) is 4.79 Å². The molecule has 0 aliphatic carbocycles. The molecule has 116 valence electrons. The zero-order chi connectivity index (χ0) is 15.2. The lowest BCUT2D eigenvalue weighted by Gasteiger charge is -2.33. The van der Waals surface area contributed by atoms with Gasteiger partial charge in [0.25, 0.3) is 0 Å². The van der Waals surface area contributed by atoms with Crippen LogP contribution in [0.25, 0.3) is 0 Å². The molecule has 1 aliphatic heterocycles. The Balaban J connectivity index is 1.72. The molecule has 2 rings (SSSR count). The van der Waals surface area contributed by atoms with Crippen molar-refractivity contribution in [2.75, 3.05) is 19.6 Å². The number of piperidine rings is 1. The van der Waals surface area contributed by atoms with E-state index in [1.54, 1.807) is 0 Å². The van der Waals surface area contributed by atoms with Gasteiger partial charge >= 0.3 is 0 Å². The van der Waals surface area contributed by atoms with Gasteiger partial charge < -0.3 is 11.1 Å². The van der Waals surface area contributed by atoms with Crippen LogP contribution in [0.3, 0.4) is 0 Å². The van der Waals surface area contributed by atoms with Crippen LogP contribution in [-0.4, -0.2) is 42.5 Å². The number of likely N-dealkylation sites (tertiary alicyclic amines) is 1. The molecule has 0 unspecified atom stereocenters. The van der Waals surface area contributed by atoms with Crippen LogP contribution in [0.15, 0.2) is 24.3 Å². The summed E-state index contributed by atoms with van der Waals surface area (Å²) in [6.07, 6.45) is 3.13. The second-order valence-electron chi connectivity index (χ2n) is 5.92. The number of benzene rings is 1. The van der Waals surface area contributed by atoms with Crippen LogP contribution < -0.4 is 11.1 Å². The minimum atomic E-state index is -0.238. The third-order valence-corrected chi connectivity index (χ3v) is 4.19. The lowest BCUT2D eigenvalue weighted by molar-refractivity contribution is -0.119. The fraction of sp³-hybridized carbons (Fsp3) is 0.562. The quantitative estimate of drug-likeness (QED) is 0.842. The lowest BCUT2D eigenvalue weighted by Crippen LogP contribution is -2.47. The number of amides is 1. The number of carbonyl (C=O) groups excluding carboxylic acids is 1. The highest BCUT2D eigenvalue weighted by Gasteiger charge is 2.21. The minimum absolute atomic E-state index is 0.238. The molecule has 0 saturated carbocycles. The third-order valence-electron chi connectivity index (χ3n) is 3.94. The number of nitrogens with one attached hydrogen (secondary N) is 1. The first-order valence-corrected chi connectivity index (χ1v) is 7.92. The van der Waals surface area contributed by atoms with Gasteiger partial charge in [0.1, 0.15) is 0 Å². The van der Waals surface area contributed by atoms with Gasteiger partial charge in [0.2, 0.25) is 5.91 Å². The van der Waals surface area contributed by atoms with E-state index in [1.807, 2.05) is 12.1 Å². The zero-order valence-corrected chi connectivity index (χ0v) is 13.3. The summed E-state index contributed by atoms with van der Waals surface area (Å²) >= 11 is 5.90. The molecule has 0 radical (unpaired) electrons. The summed E-state index contributed by atoms with van der Waals surface area (Å²) in [7, 11) is 0. The van der Waals surface area contributed by atoms with E-state index in [1.165, 1.54) is 5.56 Å². The predicted molar refractivity (Wildman–Crippen MR) is 86.4 cm³/mol. The Hall–Kier alpha value is -1.10. The van der Waals surface area contributed by atoms with Gasteiger partial charge in [-0.2, -0.15) is 0 Å². The van der Waals surface area contributed by atoms with E-state index < -0.39 is 0 Å². The number of primary amides is 1. The molecule has 0 spiro atoms. The van der Waals surface area contributed by atoms with Crippen molar-refractivity contribution in [3.05, 3.63) is 34.9 Å². The van der Waals surface area contributed by atoms with Crippen molar-refractivity contribution in [3.63, 3.8) is 0 Å². The normalized spacial score (nSPS) is 18.6. The Morgan fingerprint density at radius 2 is 2.00 bits per heavy atom. The van der Waals surface area contributed by atoms with E-state index in [0.29, 0.717) is 18.6 Å². The fourth-order valence-corrected chi connectivity index (χ4v) is 3.04. The lowest BCUT2D eigenvalue weighted by atomic mass is 10.0. The average Bonchev–Trinajstić information content (AvgIpc) is 2.43. The van der Waals surface area contributed by atoms with E-state index in [4.69, 9.17) is 17.3 Å². The zero-order valence-electron chi connectivity index (χ0n) is 12.5. The van der Waals surface area contributed by atoms with Gasteiger partial charge in [-0.05, 0) is 43.9 Å². The van der Waals surface area contributed by atoms with Crippen LogP contribution in [-0.2, 0) is 11.2 Å². The number of carbonyl (C=O) groups is 1. The minimum Gasteiger partial charge on any atom is -0.369 e. The van der Waals surface area contributed by atoms with E-state index in [2.05, 4.69) is 29.3 Å².